The Labute approximate surface area is 141 Å². The van der Waals surface area contributed by atoms with Gasteiger partial charge in [0.1, 0.15) is 0 Å². The SMILES string of the molecule is CCCn1c(=O)n(CCC(=O)N2CCC[C@@H]2CO)c2ccccc21. The van der Waals surface area contributed by atoms with Crippen LogP contribution < -0.4 is 5.69 Å². The summed E-state index contributed by atoms with van der Waals surface area (Å²) in [7, 11) is 0. The molecule has 1 saturated heterocycles. The van der Waals surface area contributed by atoms with E-state index in [9.17, 15) is 14.7 Å². The minimum atomic E-state index is -0.0596. The fraction of sp³-hybridized carbons (Fsp3) is 0.556. The van der Waals surface area contributed by atoms with E-state index >= 15 is 0 Å². The van der Waals surface area contributed by atoms with Gasteiger partial charge in [0.05, 0.1) is 23.7 Å². The van der Waals surface area contributed by atoms with E-state index in [0.29, 0.717) is 19.6 Å². The van der Waals surface area contributed by atoms with Crippen LogP contribution in [0.3, 0.4) is 0 Å². The van der Waals surface area contributed by atoms with Gasteiger partial charge in [0.2, 0.25) is 5.91 Å². The summed E-state index contributed by atoms with van der Waals surface area (Å²) >= 11 is 0. The maximum Gasteiger partial charge on any atom is 0.329 e. The molecule has 0 unspecified atom stereocenters. The van der Waals surface area contributed by atoms with Crippen LogP contribution >= 0.6 is 0 Å². The molecule has 1 atom stereocenters. The monoisotopic (exact) mass is 331 g/mol. The Morgan fingerprint density at radius 2 is 1.88 bits per heavy atom. The van der Waals surface area contributed by atoms with E-state index in [-0.39, 0.29) is 30.7 Å². The number of aromatic nitrogens is 2. The summed E-state index contributed by atoms with van der Waals surface area (Å²) in [6, 6.07) is 7.67. The second-order valence-electron chi connectivity index (χ2n) is 6.39. The Morgan fingerprint density at radius 1 is 1.21 bits per heavy atom. The van der Waals surface area contributed by atoms with Crippen LogP contribution in [0.4, 0.5) is 0 Å². The standard InChI is InChI=1S/C18H25N3O3/c1-2-10-20-15-7-3-4-8-16(15)21(18(20)24)12-9-17(23)19-11-5-6-14(19)13-22/h3-4,7-8,14,22H,2,5-6,9-13H2,1H3/t14-/m1/s1. The van der Waals surface area contributed by atoms with E-state index in [2.05, 4.69) is 0 Å². The third-order valence-corrected chi connectivity index (χ3v) is 4.83. The largest absolute Gasteiger partial charge is 0.394 e. The number of benzene rings is 1. The van der Waals surface area contributed by atoms with E-state index in [1.807, 2.05) is 31.2 Å². The molecule has 24 heavy (non-hydrogen) atoms. The van der Waals surface area contributed by atoms with Gasteiger partial charge in [0.25, 0.3) is 0 Å². The third kappa shape index (κ3) is 2.98. The molecule has 1 aromatic carbocycles. The summed E-state index contributed by atoms with van der Waals surface area (Å²) in [6.07, 6.45) is 2.97. The van der Waals surface area contributed by atoms with Gasteiger partial charge in [0, 0.05) is 26.1 Å². The highest BCUT2D eigenvalue weighted by molar-refractivity contribution is 5.78. The van der Waals surface area contributed by atoms with Crippen molar-refractivity contribution in [3.8, 4) is 0 Å². The first-order valence-corrected chi connectivity index (χ1v) is 8.75. The number of aliphatic hydroxyl groups is 1. The van der Waals surface area contributed by atoms with Crippen molar-refractivity contribution in [3.05, 3.63) is 34.7 Å². The van der Waals surface area contributed by atoms with Crippen LogP contribution in [-0.4, -0.2) is 44.2 Å². The summed E-state index contributed by atoms with van der Waals surface area (Å²) in [5, 5.41) is 9.37. The molecule has 1 aliphatic heterocycles. The predicted molar refractivity (Wildman–Crippen MR) is 92.9 cm³/mol. The van der Waals surface area contributed by atoms with Gasteiger partial charge in [-0.1, -0.05) is 19.1 Å². The molecule has 6 heteroatoms. The van der Waals surface area contributed by atoms with Crippen LogP contribution in [0.2, 0.25) is 0 Å². The van der Waals surface area contributed by atoms with Crippen molar-refractivity contribution in [1.82, 2.24) is 14.0 Å². The zero-order valence-electron chi connectivity index (χ0n) is 14.1. The van der Waals surface area contributed by atoms with E-state index in [4.69, 9.17) is 0 Å². The van der Waals surface area contributed by atoms with Gasteiger partial charge in [-0.2, -0.15) is 0 Å². The molecule has 0 saturated carbocycles. The first kappa shape index (κ1) is 16.8. The van der Waals surface area contributed by atoms with Crippen molar-refractivity contribution in [1.29, 1.82) is 0 Å². The second-order valence-corrected chi connectivity index (χ2v) is 6.39. The van der Waals surface area contributed by atoms with Gasteiger partial charge in [-0.3, -0.25) is 13.9 Å². The normalized spacial score (nSPS) is 17.8. The Hall–Kier alpha value is -2.08. The maximum absolute atomic E-state index is 12.7. The van der Waals surface area contributed by atoms with Crippen molar-refractivity contribution >= 4 is 16.9 Å². The van der Waals surface area contributed by atoms with E-state index in [1.54, 1.807) is 14.0 Å². The highest BCUT2D eigenvalue weighted by Gasteiger charge is 2.27. The number of carbonyl (C=O) groups is 1. The van der Waals surface area contributed by atoms with E-state index in [0.717, 1.165) is 30.3 Å². The Bertz CT molecular complexity index is 777. The maximum atomic E-state index is 12.7. The van der Waals surface area contributed by atoms with Crippen LogP contribution in [-0.2, 0) is 17.9 Å². The van der Waals surface area contributed by atoms with Crippen LogP contribution in [0, 0.1) is 0 Å². The van der Waals surface area contributed by atoms with Crippen molar-refractivity contribution in [2.24, 2.45) is 0 Å². The number of imidazole rings is 1. The number of likely N-dealkylation sites (tertiary alicyclic amines) is 1. The Kier molecular flexibility index (Phi) is 5.04. The lowest BCUT2D eigenvalue weighted by molar-refractivity contribution is -0.132. The summed E-state index contributed by atoms with van der Waals surface area (Å²) < 4.78 is 3.49. The molecule has 1 fully saturated rings. The minimum Gasteiger partial charge on any atom is -0.394 e. The molecule has 0 spiro atoms. The molecule has 2 heterocycles. The molecule has 1 amide bonds. The number of amides is 1. The number of nitrogens with zero attached hydrogens (tertiary/aromatic N) is 3. The highest BCUT2D eigenvalue weighted by atomic mass is 16.3. The molecular formula is C18H25N3O3. The lowest BCUT2D eigenvalue weighted by Crippen LogP contribution is -2.38. The number of hydrogen-bond acceptors (Lipinski definition) is 3. The average Bonchev–Trinajstić information content (AvgIpc) is 3.17. The molecule has 2 aromatic rings. The topological polar surface area (TPSA) is 67.5 Å². The first-order chi connectivity index (χ1) is 11.7. The number of fused-ring (bicyclic) bond motifs is 1. The van der Waals surface area contributed by atoms with Gasteiger partial charge in [0.15, 0.2) is 0 Å². The molecular weight excluding hydrogens is 306 g/mol. The lowest BCUT2D eigenvalue weighted by atomic mass is 10.2. The van der Waals surface area contributed by atoms with Crippen molar-refractivity contribution in [3.63, 3.8) is 0 Å². The van der Waals surface area contributed by atoms with Gasteiger partial charge < -0.3 is 10.0 Å². The highest BCUT2D eigenvalue weighted by Crippen LogP contribution is 2.19. The minimum absolute atomic E-state index is 0.0154. The van der Waals surface area contributed by atoms with Gasteiger partial charge in [-0.05, 0) is 31.4 Å². The summed E-state index contributed by atoms with van der Waals surface area (Å²) in [4.78, 5) is 26.9. The second kappa shape index (κ2) is 7.21. The molecule has 0 bridgehead atoms. The van der Waals surface area contributed by atoms with Crippen LogP contribution in [0.25, 0.3) is 11.0 Å². The predicted octanol–water partition coefficient (Wildman–Crippen LogP) is 1.59. The van der Waals surface area contributed by atoms with E-state index in [1.165, 1.54) is 0 Å². The fourth-order valence-corrected chi connectivity index (χ4v) is 3.63. The molecule has 1 aromatic heterocycles. The van der Waals surface area contributed by atoms with Crippen LogP contribution in [0.15, 0.2) is 29.1 Å². The Balaban J connectivity index is 1.81. The fourth-order valence-electron chi connectivity index (χ4n) is 3.63. The zero-order chi connectivity index (χ0) is 17.1. The molecule has 1 aliphatic rings. The summed E-state index contributed by atoms with van der Waals surface area (Å²) in [5.74, 6) is 0.0192. The molecule has 130 valence electrons. The Morgan fingerprint density at radius 3 is 2.50 bits per heavy atom. The zero-order valence-corrected chi connectivity index (χ0v) is 14.1. The number of carbonyl (C=O) groups excluding carboxylic acids is 1. The summed E-state index contributed by atoms with van der Waals surface area (Å²) in [6.45, 7) is 3.82. The molecule has 0 aliphatic carbocycles. The molecule has 6 nitrogen and oxygen atoms in total. The number of para-hydroxylation sites is 2. The molecule has 1 N–H and O–H groups in total. The number of rotatable bonds is 6. The number of hydrogen-bond donors (Lipinski definition) is 1. The third-order valence-electron chi connectivity index (χ3n) is 4.83. The average molecular weight is 331 g/mol. The van der Waals surface area contributed by atoms with E-state index < -0.39 is 0 Å². The molecule has 3 rings (SSSR count). The van der Waals surface area contributed by atoms with Crippen molar-refractivity contribution in [2.45, 2.75) is 51.7 Å². The quantitative estimate of drug-likeness (QED) is 0.874. The van der Waals surface area contributed by atoms with Gasteiger partial charge in [-0.15, -0.1) is 0 Å². The summed E-state index contributed by atoms with van der Waals surface area (Å²) in [5.41, 5.74) is 1.75. The van der Waals surface area contributed by atoms with Crippen molar-refractivity contribution in [2.75, 3.05) is 13.2 Å². The van der Waals surface area contributed by atoms with Crippen LogP contribution in [0.1, 0.15) is 32.6 Å². The number of aliphatic hydroxyl groups excluding tert-OH is 1. The van der Waals surface area contributed by atoms with Crippen LogP contribution in [0.5, 0.6) is 0 Å². The van der Waals surface area contributed by atoms with Crippen molar-refractivity contribution < 1.29 is 9.90 Å². The number of aryl methyl sites for hydroxylation is 2. The van der Waals surface area contributed by atoms with Gasteiger partial charge >= 0.3 is 5.69 Å². The van der Waals surface area contributed by atoms with Gasteiger partial charge in [-0.25, -0.2) is 4.79 Å². The molecule has 0 radical (unpaired) electrons. The lowest BCUT2D eigenvalue weighted by Gasteiger charge is -2.23. The smallest absolute Gasteiger partial charge is 0.329 e. The first-order valence-electron chi connectivity index (χ1n) is 8.75.